The quantitative estimate of drug-likeness (QED) is 0.170. The zero-order chi connectivity index (χ0) is 38.2. The van der Waals surface area contributed by atoms with Crippen LogP contribution in [0.25, 0.3) is 66.1 Å². The van der Waals surface area contributed by atoms with Crippen molar-refractivity contribution in [2.75, 3.05) is 4.90 Å². The van der Waals surface area contributed by atoms with Crippen LogP contribution in [0, 0.1) is 0 Å². The first kappa shape index (κ1) is 32.7. The lowest BCUT2D eigenvalue weighted by atomic mass is 9.84. The summed E-state index contributed by atoms with van der Waals surface area (Å²) in [5.74, 6) is 1.06. The van der Waals surface area contributed by atoms with E-state index in [4.69, 9.17) is 9.15 Å². The number of rotatable bonds is 6. The minimum absolute atomic E-state index is 0.0453. The molecule has 0 N–H and O–H groups in total. The van der Waals surface area contributed by atoms with Crippen molar-refractivity contribution < 1.29 is 9.15 Å². The number of allylic oxidation sites excluding steroid dienone is 2. The first-order chi connectivity index (χ1) is 28.8. The van der Waals surface area contributed by atoms with E-state index in [1.54, 1.807) is 0 Å². The number of aromatic nitrogens is 1. The van der Waals surface area contributed by atoms with Gasteiger partial charge in [0.2, 0.25) is 0 Å². The van der Waals surface area contributed by atoms with Crippen molar-refractivity contribution in [1.29, 1.82) is 0 Å². The summed E-state index contributed by atoms with van der Waals surface area (Å²) in [6.07, 6.45) is 6.59. The number of nitrogens with zero attached hydrogens (tertiary/aromatic N) is 2. The van der Waals surface area contributed by atoms with Crippen LogP contribution in [0.4, 0.5) is 17.1 Å². The molecule has 0 fully saturated rings. The molecule has 3 heterocycles. The molecule has 2 unspecified atom stereocenters. The molecule has 0 saturated carbocycles. The van der Waals surface area contributed by atoms with E-state index in [-0.39, 0.29) is 12.0 Å². The van der Waals surface area contributed by atoms with E-state index in [0.717, 1.165) is 56.0 Å². The van der Waals surface area contributed by atoms with Gasteiger partial charge in [0.15, 0.2) is 0 Å². The zero-order valence-electron chi connectivity index (χ0n) is 31.5. The summed E-state index contributed by atoms with van der Waals surface area (Å²) in [5, 5.41) is 4.68. The predicted molar refractivity (Wildman–Crippen MR) is 239 cm³/mol. The van der Waals surface area contributed by atoms with Crippen LogP contribution < -0.4 is 9.64 Å². The van der Waals surface area contributed by atoms with E-state index in [0.29, 0.717) is 0 Å². The lowest BCUT2D eigenvalue weighted by molar-refractivity contribution is 0.258. The van der Waals surface area contributed by atoms with Crippen molar-refractivity contribution in [2.24, 2.45) is 0 Å². The highest BCUT2D eigenvalue weighted by atomic mass is 16.5. The molecule has 274 valence electrons. The molecule has 0 saturated heterocycles. The number of benzene rings is 8. The van der Waals surface area contributed by atoms with Gasteiger partial charge in [0.1, 0.15) is 23.0 Å². The zero-order valence-corrected chi connectivity index (χ0v) is 31.5. The van der Waals surface area contributed by atoms with Gasteiger partial charge in [0, 0.05) is 50.3 Å². The van der Waals surface area contributed by atoms with Gasteiger partial charge in [0.25, 0.3) is 0 Å². The second-order valence-electron chi connectivity index (χ2n) is 15.2. The maximum absolute atomic E-state index is 6.55. The Morgan fingerprint density at radius 2 is 1.21 bits per heavy atom. The van der Waals surface area contributed by atoms with Gasteiger partial charge < -0.3 is 18.6 Å². The highest BCUT2D eigenvalue weighted by Crippen LogP contribution is 2.47. The summed E-state index contributed by atoms with van der Waals surface area (Å²) < 4.78 is 15.3. The normalized spacial score (nSPS) is 15.8. The topological polar surface area (TPSA) is 30.5 Å². The molecule has 2 atom stereocenters. The molecule has 0 bridgehead atoms. The molecule has 12 rings (SSSR count). The van der Waals surface area contributed by atoms with Crippen LogP contribution in [0.5, 0.6) is 5.75 Å². The van der Waals surface area contributed by atoms with Crippen LogP contribution in [0.1, 0.15) is 17.0 Å². The maximum Gasteiger partial charge on any atom is 0.137 e. The van der Waals surface area contributed by atoms with Crippen LogP contribution in [-0.4, -0.2) is 10.7 Å². The summed E-state index contributed by atoms with van der Waals surface area (Å²) in [5.41, 5.74) is 14.5. The summed E-state index contributed by atoms with van der Waals surface area (Å²) >= 11 is 0. The number of furan rings is 1. The molecule has 8 aromatic carbocycles. The van der Waals surface area contributed by atoms with Crippen molar-refractivity contribution in [2.45, 2.75) is 12.0 Å². The van der Waals surface area contributed by atoms with Crippen molar-refractivity contribution in [3.63, 3.8) is 0 Å². The molecular formula is C54H36N2O2. The number of anilines is 3. The second-order valence-corrected chi connectivity index (χ2v) is 15.2. The predicted octanol–water partition coefficient (Wildman–Crippen LogP) is 14.3. The van der Waals surface area contributed by atoms with Gasteiger partial charge in [-0.1, -0.05) is 133 Å². The van der Waals surface area contributed by atoms with Crippen molar-refractivity contribution >= 4 is 66.4 Å². The second kappa shape index (κ2) is 13.0. The molecule has 0 amide bonds. The molecule has 1 aliphatic carbocycles. The average molecular weight is 745 g/mol. The minimum atomic E-state index is -0.0453. The molecule has 58 heavy (non-hydrogen) atoms. The molecule has 4 heteroatoms. The third kappa shape index (κ3) is 5.08. The average Bonchev–Trinajstić information content (AvgIpc) is 3.97. The first-order valence-corrected chi connectivity index (χ1v) is 19.9. The Morgan fingerprint density at radius 3 is 2.07 bits per heavy atom. The third-order valence-electron chi connectivity index (χ3n) is 12.0. The van der Waals surface area contributed by atoms with Crippen molar-refractivity contribution in [3.8, 4) is 22.6 Å². The Hall–Kier alpha value is -7.56. The highest BCUT2D eigenvalue weighted by molar-refractivity contribution is 6.13. The van der Waals surface area contributed by atoms with Gasteiger partial charge >= 0.3 is 0 Å². The number of ether oxygens (including phenoxy) is 1. The lowest BCUT2D eigenvalue weighted by Gasteiger charge is -2.28. The Bertz CT molecular complexity index is 3260. The van der Waals surface area contributed by atoms with E-state index >= 15 is 0 Å². The van der Waals surface area contributed by atoms with E-state index < -0.39 is 0 Å². The van der Waals surface area contributed by atoms with Gasteiger partial charge in [-0.2, -0.15) is 0 Å². The van der Waals surface area contributed by atoms with Gasteiger partial charge in [-0.25, -0.2) is 0 Å². The Morgan fingerprint density at radius 1 is 0.517 bits per heavy atom. The molecule has 2 aliphatic rings. The molecular weight excluding hydrogens is 709 g/mol. The van der Waals surface area contributed by atoms with E-state index in [1.165, 1.54) is 44.1 Å². The third-order valence-corrected chi connectivity index (χ3v) is 12.0. The van der Waals surface area contributed by atoms with E-state index in [2.05, 4.69) is 198 Å². The summed E-state index contributed by atoms with van der Waals surface area (Å²) in [6.45, 7) is 0. The summed E-state index contributed by atoms with van der Waals surface area (Å²) in [7, 11) is 0. The fourth-order valence-electron chi connectivity index (χ4n) is 9.30. The fourth-order valence-corrected chi connectivity index (χ4v) is 9.30. The number of hydrogen-bond acceptors (Lipinski definition) is 3. The SMILES string of the molecule is C1=CC(c2ccc(N(c3ccc(-c4ccc5c6ccccc6n(-c6ccccc6)c5c4)cc3)c3cccc4oc5ccccc5c34)cc2)C2Oc3ccccc3C2=C1. The Balaban J connectivity index is 0.960. The summed E-state index contributed by atoms with van der Waals surface area (Å²) in [4.78, 5) is 2.36. The molecule has 4 nitrogen and oxygen atoms in total. The van der Waals surface area contributed by atoms with Crippen molar-refractivity contribution in [3.05, 3.63) is 217 Å². The maximum atomic E-state index is 6.55. The van der Waals surface area contributed by atoms with Gasteiger partial charge in [0.05, 0.1) is 22.1 Å². The standard InChI is InChI=1S/C54H36N2O2/c1-2-12-38(13-3-1)56-47-19-7-4-14-42(47)43-33-28-37(34-49(43)56)35-24-29-39(30-25-35)55(48-20-11-23-52-53(48)46-16-6-9-22-51(46)57-52)40-31-26-36(27-32-40)41-17-10-18-45-44-15-5-8-21-50(44)58-54(41)45/h1-34,41,54H. The molecule has 0 radical (unpaired) electrons. The Labute approximate surface area is 335 Å². The lowest BCUT2D eigenvalue weighted by Crippen LogP contribution is -2.23. The van der Waals surface area contributed by atoms with E-state index in [9.17, 15) is 0 Å². The Kier molecular flexibility index (Phi) is 7.32. The van der Waals surface area contributed by atoms with Gasteiger partial charge in [-0.05, 0) is 89.5 Å². The fraction of sp³-hybridized carbons (Fsp3) is 0.0370. The van der Waals surface area contributed by atoms with Gasteiger partial charge in [-0.15, -0.1) is 0 Å². The number of fused-ring (bicyclic) bond motifs is 9. The molecule has 10 aromatic rings. The molecule has 1 aliphatic heterocycles. The molecule has 0 spiro atoms. The highest BCUT2D eigenvalue weighted by Gasteiger charge is 2.36. The van der Waals surface area contributed by atoms with Crippen LogP contribution in [0.2, 0.25) is 0 Å². The largest absolute Gasteiger partial charge is 0.484 e. The molecule has 2 aromatic heterocycles. The van der Waals surface area contributed by atoms with E-state index in [1.807, 2.05) is 18.2 Å². The smallest absolute Gasteiger partial charge is 0.137 e. The minimum Gasteiger partial charge on any atom is -0.484 e. The van der Waals surface area contributed by atoms with Crippen LogP contribution in [-0.2, 0) is 0 Å². The van der Waals surface area contributed by atoms with Crippen molar-refractivity contribution in [1.82, 2.24) is 4.57 Å². The summed E-state index contributed by atoms with van der Waals surface area (Å²) in [6, 6.07) is 67.2. The monoisotopic (exact) mass is 744 g/mol. The number of para-hydroxylation sites is 4. The van der Waals surface area contributed by atoms with Crippen LogP contribution in [0.3, 0.4) is 0 Å². The van der Waals surface area contributed by atoms with Gasteiger partial charge in [-0.3, -0.25) is 0 Å². The van der Waals surface area contributed by atoms with Crippen LogP contribution in [0.15, 0.2) is 211 Å². The van der Waals surface area contributed by atoms with Crippen LogP contribution >= 0.6 is 0 Å². The first-order valence-electron chi connectivity index (χ1n) is 19.9. The number of hydrogen-bond donors (Lipinski definition) is 0.